The first-order valence-corrected chi connectivity index (χ1v) is 5.07. The topological polar surface area (TPSA) is 77.9 Å². The summed E-state index contributed by atoms with van der Waals surface area (Å²) in [4.78, 5) is 34.3. The summed E-state index contributed by atoms with van der Waals surface area (Å²) in [7, 11) is 0. The molecule has 1 fully saturated rings. The maximum absolute atomic E-state index is 12.2. The Kier molecular flexibility index (Phi) is 4.15. The number of hydrogen-bond donors (Lipinski definition) is 1. The quantitative estimate of drug-likeness (QED) is 0.745. The monoisotopic (exact) mass is 268 g/mol. The zero-order valence-electron chi connectivity index (χ0n) is 9.24. The Bertz CT molecular complexity index is 369. The van der Waals surface area contributed by atoms with E-state index in [4.69, 9.17) is 5.11 Å². The predicted molar refractivity (Wildman–Crippen MR) is 51.5 cm³/mol. The zero-order chi connectivity index (χ0) is 13.9. The number of amides is 2. The van der Waals surface area contributed by atoms with Crippen LogP contribution in [0.5, 0.6) is 0 Å². The molecule has 1 aliphatic rings. The van der Waals surface area contributed by atoms with Crippen LogP contribution in [0.3, 0.4) is 0 Å². The number of carboxylic acids is 1. The molecule has 18 heavy (non-hydrogen) atoms. The summed E-state index contributed by atoms with van der Waals surface area (Å²) >= 11 is 0. The molecular formula is C9H11F3N2O4. The minimum Gasteiger partial charge on any atom is -0.480 e. The molecule has 0 bridgehead atoms. The van der Waals surface area contributed by atoms with Crippen molar-refractivity contribution in [2.24, 2.45) is 0 Å². The van der Waals surface area contributed by atoms with E-state index in [1.807, 2.05) is 0 Å². The highest BCUT2D eigenvalue weighted by molar-refractivity contribution is 5.85. The van der Waals surface area contributed by atoms with Gasteiger partial charge in [0.05, 0.1) is 0 Å². The smallest absolute Gasteiger partial charge is 0.471 e. The van der Waals surface area contributed by atoms with E-state index in [0.717, 1.165) is 4.90 Å². The Balaban J connectivity index is 2.68. The van der Waals surface area contributed by atoms with Gasteiger partial charge in [-0.1, -0.05) is 0 Å². The first-order valence-electron chi connectivity index (χ1n) is 5.07. The van der Waals surface area contributed by atoms with Gasteiger partial charge in [0, 0.05) is 26.1 Å². The fourth-order valence-electron chi connectivity index (χ4n) is 1.58. The van der Waals surface area contributed by atoms with Gasteiger partial charge in [-0.15, -0.1) is 0 Å². The van der Waals surface area contributed by atoms with Gasteiger partial charge in [0.15, 0.2) is 0 Å². The highest BCUT2D eigenvalue weighted by Crippen LogP contribution is 2.19. The van der Waals surface area contributed by atoms with Crippen LogP contribution in [0, 0.1) is 0 Å². The van der Waals surface area contributed by atoms with E-state index >= 15 is 0 Å². The highest BCUT2D eigenvalue weighted by atomic mass is 19.4. The van der Waals surface area contributed by atoms with Crippen LogP contribution in [-0.4, -0.2) is 65.0 Å². The van der Waals surface area contributed by atoms with E-state index in [-0.39, 0.29) is 26.1 Å². The van der Waals surface area contributed by atoms with E-state index in [0.29, 0.717) is 4.90 Å². The van der Waals surface area contributed by atoms with Crippen LogP contribution in [0.2, 0.25) is 0 Å². The minimum atomic E-state index is -4.98. The summed E-state index contributed by atoms with van der Waals surface area (Å²) in [5.41, 5.74) is 0. The Morgan fingerprint density at radius 3 is 2.33 bits per heavy atom. The lowest BCUT2D eigenvalue weighted by Crippen LogP contribution is -2.43. The standard InChI is InChI=1S/C9H11F3N2O4/c10-9(11,12)8(18)13-2-1-6(15)14(4-3-13)5-7(16)17/h1-5H2,(H,16,17). The number of aliphatic carboxylic acids is 1. The highest BCUT2D eigenvalue weighted by Gasteiger charge is 2.43. The normalized spacial score (nSPS) is 17.6. The van der Waals surface area contributed by atoms with Gasteiger partial charge in [-0.05, 0) is 0 Å². The van der Waals surface area contributed by atoms with Crippen LogP contribution in [0.15, 0.2) is 0 Å². The van der Waals surface area contributed by atoms with Crippen molar-refractivity contribution in [3.63, 3.8) is 0 Å². The van der Waals surface area contributed by atoms with E-state index in [1.54, 1.807) is 0 Å². The minimum absolute atomic E-state index is 0.215. The lowest BCUT2D eigenvalue weighted by molar-refractivity contribution is -0.185. The number of halogens is 3. The van der Waals surface area contributed by atoms with Gasteiger partial charge in [-0.2, -0.15) is 13.2 Å². The first-order chi connectivity index (χ1) is 8.21. The van der Waals surface area contributed by atoms with Crippen LogP contribution in [0.4, 0.5) is 13.2 Å². The van der Waals surface area contributed by atoms with Crippen molar-refractivity contribution in [2.75, 3.05) is 26.2 Å². The predicted octanol–water partition coefficient (Wildman–Crippen LogP) is -0.306. The van der Waals surface area contributed by atoms with Gasteiger partial charge in [0.1, 0.15) is 6.54 Å². The third-order valence-electron chi connectivity index (χ3n) is 2.44. The lowest BCUT2D eigenvalue weighted by atomic mass is 10.3. The second-order valence-electron chi connectivity index (χ2n) is 3.75. The van der Waals surface area contributed by atoms with Crippen molar-refractivity contribution in [1.29, 1.82) is 0 Å². The number of carbonyl (C=O) groups excluding carboxylic acids is 2. The molecule has 1 rings (SSSR count). The largest absolute Gasteiger partial charge is 0.480 e. The van der Waals surface area contributed by atoms with E-state index in [9.17, 15) is 27.6 Å². The summed E-state index contributed by atoms with van der Waals surface area (Å²) in [6.45, 7) is -1.47. The summed E-state index contributed by atoms with van der Waals surface area (Å²) in [6, 6.07) is 0. The third kappa shape index (κ3) is 3.60. The Labute approximate surface area is 99.9 Å². The molecule has 1 heterocycles. The fraction of sp³-hybridized carbons (Fsp3) is 0.667. The van der Waals surface area contributed by atoms with Gasteiger partial charge in [-0.3, -0.25) is 14.4 Å². The van der Waals surface area contributed by atoms with Crippen molar-refractivity contribution >= 4 is 17.8 Å². The molecule has 0 unspecified atom stereocenters. The SMILES string of the molecule is O=C(O)CN1CCN(C(=O)C(F)(F)F)CCC1=O. The molecule has 0 aromatic carbocycles. The first kappa shape index (κ1) is 14.3. The van der Waals surface area contributed by atoms with E-state index < -0.39 is 30.5 Å². The van der Waals surface area contributed by atoms with E-state index in [1.165, 1.54) is 0 Å². The van der Waals surface area contributed by atoms with Gasteiger partial charge in [0.2, 0.25) is 5.91 Å². The average Bonchev–Trinajstić information content (AvgIpc) is 2.40. The van der Waals surface area contributed by atoms with Gasteiger partial charge in [0.25, 0.3) is 0 Å². The average molecular weight is 268 g/mol. The van der Waals surface area contributed by atoms with Crippen molar-refractivity contribution in [3.8, 4) is 0 Å². The molecule has 102 valence electrons. The number of hydrogen-bond acceptors (Lipinski definition) is 3. The molecular weight excluding hydrogens is 257 g/mol. The molecule has 1 N–H and O–H groups in total. The van der Waals surface area contributed by atoms with Crippen LogP contribution in [0.25, 0.3) is 0 Å². The number of carbonyl (C=O) groups is 3. The van der Waals surface area contributed by atoms with Crippen molar-refractivity contribution in [1.82, 2.24) is 9.80 Å². The Morgan fingerprint density at radius 1 is 1.22 bits per heavy atom. The molecule has 0 aliphatic carbocycles. The van der Waals surface area contributed by atoms with Crippen molar-refractivity contribution < 1.29 is 32.7 Å². The molecule has 1 aliphatic heterocycles. The lowest BCUT2D eigenvalue weighted by Gasteiger charge is -2.21. The molecule has 0 aromatic rings. The van der Waals surface area contributed by atoms with Crippen LogP contribution in [0.1, 0.15) is 6.42 Å². The Hall–Kier alpha value is -1.80. The maximum atomic E-state index is 12.2. The number of alkyl halides is 3. The summed E-state index contributed by atoms with van der Waals surface area (Å²) in [5.74, 6) is -3.83. The summed E-state index contributed by atoms with van der Waals surface area (Å²) in [5, 5.41) is 8.53. The van der Waals surface area contributed by atoms with E-state index in [2.05, 4.69) is 0 Å². The van der Waals surface area contributed by atoms with Crippen LogP contribution >= 0.6 is 0 Å². The number of carboxylic acid groups (broad SMARTS) is 1. The van der Waals surface area contributed by atoms with Gasteiger partial charge >= 0.3 is 18.1 Å². The molecule has 0 saturated carbocycles. The second kappa shape index (κ2) is 5.23. The van der Waals surface area contributed by atoms with Crippen molar-refractivity contribution in [2.45, 2.75) is 12.6 Å². The summed E-state index contributed by atoms with van der Waals surface area (Å²) in [6.07, 6.45) is -5.29. The molecule has 0 aromatic heterocycles. The molecule has 9 heteroatoms. The molecule has 0 atom stereocenters. The molecule has 2 amide bonds. The van der Waals surface area contributed by atoms with Crippen LogP contribution in [-0.2, 0) is 14.4 Å². The molecule has 1 saturated heterocycles. The van der Waals surface area contributed by atoms with Gasteiger partial charge in [-0.25, -0.2) is 0 Å². The third-order valence-corrected chi connectivity index (χ3v) is 2.44. The molecule has 6 nitrogen and oxygen atoms in total. The fourth-order valence-corrected chi connectivity index (χ4v) is 1.58. The molecule has 0 radical (unpaired) electrons. The van der Waals surface area contributed by atoms with Gasteiger partial charge < -0.3 is 14.9 Å². The maximum Gasteiger partial charge on any atom is 0.471 e. The molecule has 0 spiro atoms. The number of rotatable bonds is 2. The van der Waals surface area contributed by atoms with Crippen LogP contribution < -0.4 is 0 Å². The Morgan fingerprint density at radius 2 is 1.83 bits per heavy atom. The zero-order valence-corrected chi connectivity index (χ0v) is 9.24. The van der Waals surface area contributed by atoms with Crippen molar-refractivity contribution in [3.05, 3.63) is 0 Å². The summed E-state index contributed by atoms with van der Waals surface area (Å²) < 4.78 is 36.6. The number of nitrogens with zero attached hydrogens (tertiary/aromatic N) is 2. The second-order valence-corrected chi connectivity index (χ2v) is 3.75.